The zero-order valence-corrected chi connectivity index (χ0v) is 16.2. The maximum Gasteiger partial charge on any atom is 0.261 e. The van der Waals surface area contributed by atoms with E-state index in [9.17, 15) is 9.59 Å². The predicted octanol–water partition coefficient (Wildman–Crippen LogP) is 2.77. The Bertz CT molecular complexity index is 999. The number of thiophene rings is 1. The van der Waals surface area contributed by atoms with E-state index in [0.717, 1.165) is 28.8 Å². The number of aromatic nitrogens is 2. The van der Waals surface area contributed by atoms with Crippen molar-refractivity contribution < 1.29 is 9.59 Å². The summed E-state index contributed by atoms with van der Waals surface area (Å²) in [4.78, 5) is 25.7. The minimum Gasteiger partial charge on any atom is -0.352 e. The summed E-state index contributed by atoms with van der Waals surface area (Å²) in [6, 6.07) is 10.5. The topological polar surface area (TPSA) is 76.0 Å². The molecule has 0 spiro atoms. The van der Waals surface area contributed by atoms with Gasteiger partial charge in [-0.1, -0.05) is 29.8 Å². The van der Waals surface area contributed by atoms with E-state index in [4.69, 9.17) is 0 Å². The fourth-order valence-electron chi connectivity index (χ4n) is 2.95. The standard InChI is InChI=1S/C20H22N4O2S/c1-12-3-5-14(6-4-12)11-24-20-16(13(2)23-24)9-17(27-20)19(26)21-10-18(25)22-15-7-8-15/h3-6,9,15H,7-8,10-11H2,1-2H3,(H,21,26)(H,22,25). The van der Waals surface area contributed by atoms with Gasteiger partial charge in [-0.25, -0.2) is 0 Å². The number of amides is 2. The van der Waals surface area contributed by atoms with Gasteiger partial charge in [-0.2, -0.15) is 5.10 Å². The molecule has 6 nitrogen and oxygen atoms in total. The van der Waals surface area contributed by atoms with Crippen LogP contribution in [0.15, 0.2) is 30.3 Å². The molecule has 2 amide bonds. The van der Waals surface area contributed by atoms with Gasteiger partial charge in [0.15, 0.2) is 0 Å². The number of rotatable bonds is 6. The lowest BCUT2D eigenvalue weighted by Gasteiger charge is -2.05. The van der Waals surface area contributed by atoms with Crippen molar-refractivity contribution in [2.45, 2.75) is 39.3 Å². The fraction of sp³-hybridized carbons (Fsp3) is 0.350. The fourth-order valence-corrected chi connectivity index (χ4v) is 4.03. The molecule has 0 saturated heterocycles. The van der Waals surface area contributed by atoms with Crippen molar-refractivity contribution in [3.63, 3.8) is 0 Å². The molecule has 0 bridgehead atoms. The van der Waals surface area contributed by atoms with Gasteiger partial charge in [-0.05, 0) is 38.3 Å². The number of benzene rings is 1. The van der Waals surface area contributed by atoms with Gasteiger partial charge in [0.1, 0.15) is 4.83 Å². The number of hydrogen-bond donors (Lipinski definition) is 2. The third-order valence-electron chi connectivity index (χ3n) is 4.64. The van der Waals surface area contributed by atoms with E-state index in [1.807, 2.05) is 17.7 Å². The van der Waals surface area contributed by atoms with Crippen LogP contribution in [0.1, 0.15) is 39.3 Å². The lowest BCUT2D eigenvalue weighted by molar-refractivity contribution is -0.120. The van der Waals surface area contributed by atoms with Crippen LogP contribution < -0.4 is 10.6 Å². The van der Waals surface area contributed by atoms with Crippen molar-refractivity contribution in [2.75, 3.05) is 6.54 Å². The lowest BCUT2D eigenvalue weighted by atomic mass is 10.1. The Kier molecular flexibility index (Phi) is 4.70. The van der Waals surface area contributed by atoms with E-state index in [0.29, 0.717) is 17.5 Å². The summed E-state index contributed by atoms with van der Waals surface area (Å²) < 4.78 is 1.94. The molecule has 0 radical (unpaired) electrons. The van der Waals surface area contributed by atoms with Crippen molar-refractivity contribution in [2.24, 2.45) is 0 Å². The molecule has 0 atom stereocenters. The molecule has 1 fully saturated rings. The van der Waals surface area contributed by atoms with Crippen molar-refractivity contribution in [1.29, 1.82) is 0 Å². The molecule has 2 heterocycles. The summed E-state index contributed by atoms with van der Waals surface area (Å²) in [5.74, 6) is -0.350. The van der Waals surface area contributed by atoms with Crippen LogP contribution in [0.5, 0.6) is 0 Å². The Morgan fingerprint density at radius 2 is 1.96 bits per heavy atom. The summed E-state index contributed by atoms with van der Waals surface area (Å²) >= 11 is 1.41. The molecule has 1 saturated carbocycles. The third-order valence-corrected chi connectivity index (χ3v) is 5.78. The molecular formula is C20H22N4O2S. The Hall–Kier alpha value is -2.67. The number of nitrogens with zero attached hydrogens (tertiary/aromatic N) is 2. The zero-order chi connectivity index (χ0) is 19.0. The van der Waals surface area contributed by atoms with Gasteiger partial charge < -0.3 is 10.6 Å². The number of aryl methyl sites for hydroxylation is 2. The van der Waals surface area contributed by atoms with E-state index in [-0.39, 0.29) is 18.4 Å². The Balaban J connectivity index is 1.48. The normalized spacial score (nSPS) is 13.7. The van der Waals surface area contributed by atoms with Crippen molar-refractivity contribution in [3.8, 4) is 0 Å². The van der Waals surface area contributed by atoms with Crippen LogP contribution in [0.2, 0.25) is 0 Å². The quantitative estimate of drug-likeness (QED) is 0.688. The first-order chi connectivity index (χ1) is 13.0. The highest BCUT2D eigenvalue weighted by atomic mass is 32.1. The third kappa shape index (κ3) is 4.03. The molecular weight excluding hydrogens is 360 g/mol. The second-order valence-electron chi connectivity index (χ2n) is 7.08. The molecule has 4 rings (SSSR count). The van der Waals surface area contributed by atoms with Crippen LogP contribution in [0, 0.1) is 13.8 Å². The van der Waals surface area contributed by atoms with Gasteiger partial charge >= 0.3 is 0 Å². The SMILES string of the molecule is Cc1ccc(Cn2nc(C)c3cc(C(=O)NCC(=O)NC4CC4)sc32)cc1. The molecule has 0 unspecified atom stereocenters. The molecule has 1 aromatic carbocycles. The summed E-state index contributed by atoms with van der Waals surface area (Å²) in [6.07, 6.45) is 2.07. The highest BCUT2D eigenvalue weighted by Gasteiger charge is 2.23. The molecule has 3 aromatic rings. The molecule has 2 N–H and O–H groups in total. The number of fused-ring (bicyclic) bond motifs is 1. The van der Waals surface area contributed by atoms with Crippen LogP contribution in [0.25, 0.3) is 10.2 Å². The van der Waals surface area contributed by atoms with Gasteiger partial charge in [-0.3, -0.25) is 14.3 Å². The van der Waals surface area contributed by atoms with Crippen molar-refractivity contribution in [3.05, 3.63) is 52.0 Å². The summed E-state index contributed by atoms with van der Waals surface area (Å²) in [5.41, 5.74) is 3.29. The highest BCUT2D eigenvalue weighted by molar-refractivity contribution is 7.20. The maximum atomic E-state index is 12.4. The van der Waals surface area contributed by atoms with Crippen LogP contribution in [-0.4, -0.2) is 34.2 Å². The van der Waals surface area contributed by atoms with Crippen LogP contribution in [0.3, 0.4) is 0 Å². The number of hydrogen-bond acceptors (Lipinski definition) is 4. The van der Waals surface area contributed by atoms with E-state index in [1.54, 1.807) is 0 Å². The molecule has 2 aromatic heterocycles. The number of nitrogens with one attached hydrogen (secondary N) is 2. The minimum absolute atomic E-state index is 0.0120. The summed E-state index contributed by atoms with van der Waals surface area (Å²) in [5, 5.41) is 11.2. The molecule has 27 heavy (non-hydrogen) atoms. The van der Waals surface area contributed by atoms with Gasteiger partial charge in [0.2, 0.25) is 5.91 Å². The summed E-state index contributed by atoms with van der Waals surface area (Å²) in [6.45, 7) is 4.69. The van der Waals surface area contributed by atoms with Gasteiger partial charge in [0.25, 0.3) is 5.91 Å². The largest absolute Gasteiger partial charge is 0.352 e. The number of carbonyl (C=O) groups is 2. The van der Waals surface area contributed by atoms with E-state index in [1.165, 1.54) is 22.5 Å². The molecule has 7 heteroatoms. The van der Waals surface area contributed by atoms with E-state index < -0.39 is 0 Å². The van der Waals surface area contributed by atoms with Crippen molar-refractivity contribution in [1.82, 2.24) is 20.4 Å². The highest BCUT2D eigenvalue weighted by Crippen LogP contribution is 2.29. The zero-order valence-electron chi connectivity index (χ0n) is 15.4. The predicted molar refractivity (Wildman–Crippen MR) is 106 cm³/mol. The van der Waals surface area contributed by atoms with Crippen LogP contribution in [-0.2, 0) is 11.3 Å². The average Bonchev–Trinajstić information content (AvgIpc) is 3.25. The van der Waals surface area contributed by atoms with Gasteiger partial charge in [0, 0.05) is 11.4 Å². The Labute approximate surface area is 161 Å². The molecule has 1 aliphatic carbocycles. The minimum atomic E-state index is -0.219. The maximum absolute atomic E-state index is 12.4. The van der Waals surface area contributed by atoms with Gasteiger partial charge in [-0.15, -0.1) is 11.3 Å². The second-order valence-corrected chi connectivity index (χ2v) is 8.11. The monoisotopic (exact) mass is 382 g/mol. The van der Waals surface area contributed by atoms with E-state index in [2.05, 4.69) is 46.9 Å². The Morgan fingerprint density at radius 3 is 2.67 bits per heavy atom. The molecule has 1 aliphatic rings. The first-order valence-corrected chi connectivity index (χ1v) is 9.91. The van der Waals surface area contributed by atoms with E-state index >= 15 is 0 Å². The average molecular weight is 382 g/mol. The first kappa shape index (κ1) is 17.7. The molecule has 140 valence electrons. The lowest BCUT2D eigenvalue weighted by Crippen LogP contribution is -2.37. The van der Waals surface area contributed by atoms with Gasteiger partial charge in [0.05, 0.1) is 23.7 Å². The smallest absolute Gasteiger partial charge is 0.261 e. The van der Waals surface area contributed by atoms with Crippen LogP contribution >= 0.6 is 11.3 Å². The first-order valence-electron chi connectivity index (χ1n) is 9.09. The second kappa shape index (κ2) is 7.15. The molecule has 0 aliphatic heterocycles. The van der Waals surface area contributed by atoms with Crippen LogP contribution in [0.4, 0.5) is 0 Å². The number of carbonyl (C=O) groups excluding carboxylic acids is 2. The van der Waals surface area contributed by atoms with Crippen molar-refractivity contribution >= 4 is 33.4 Å². The Morgan fingerprint density at radius 1 is 1.22 bits per heavy atom. The summed E-state index contributed by atoms with van der Waals surface area (Å²) in [7, 11) is 0.